The number of carbonyl (C=O) groups is 1. The molecule has 0 radical (unpaired) electrons. The number of aromatic nitrogens is 4. The van der Waals surface area contributed by atoms with Crippen LogP contribution in [0.3, 0.4) is 0 Å². The monoisotopic (exact) mass is 386 g/mol. The molecule has 1 fully saturated rings. The molecule has 0 aliphatic carbocycles. The van der Waals surface area contributed by atoms with Crippen molar-refractivity contribution in [2.75, 3.05) is 37.7 Å². The first-order valence-corrected chi connectivity index (χ1v) is 9.95. The van der Waals surface area contributed by atoms with Gasteiger partial charge in [-0.25, -0.2) is 9.97 Å². The number of nitrogens with one attached hydrogen (secondary N) is 1. The standard InChI is InChI=1S/C20H30N6O2/c1-14(2)17-13-18(23-20(22-17)25-8-10-28-11-9-25)19(27)21-6-5-7-26-16(4)12-15(3)24-26/h12-14H,5-11H2,1-4H3,(H,21,27). The first-order chi connectivity index (χ1) is 13.4. The summed E-state index contributed by atoms with van der Waals surface area (Å²) in [4.78, 5) is 23.9. The van der Waals surface area contributed by atoms with Gasteiger partial charge >= 0.3 is 0 Å². The van der Waals surface area contributed by atoms with E-state index in [2.05, 4.69) is 45.2 Å². The van der Waals surface area contributed by atoms with E-state index in [-0.39, 0.29) is 11.8 Å². The van der Waals surface area contributed by atoms with Crippen LogP contribution in [0.1, 0.15) is 53.8 Å². The van der Waals surface area contributed by atoms with Gasteiger partial charge in [-0.3, -0.25) is 9.48 Å². The van der Waals surface area contributed by atoms with Crippen molar-refractivity contribution in [1.82, 2.24) is 25.1 Å². The molecule has 1 saturated heterocycles. The molecule has 8 heteroatoms. The van der Waals surface area contributed by atoms with Crippen LogP contribution in [-0.2, 0) is 11.3 Å². The van der Waals surface area contributed by atoms with Gasteiger partial charge in [-0.1, -0.05) is 13.8 Å². The van der Waals surface area contributed by atoms with Crippen LogP contribution < -0.4 is 10.2 Å². The van der Waals surface area contributed by atoms with E-state index in [4.69, 9.17) is 4.74 Å². The maximum Gasteiger partial charge on any atom is 0.270 e. The summed E-state index contributed by atoms with van der Waals surface area (Å²) in [5, 5.41) is 7.43. The summed E-state index contributed by atoms with van der Waals surface area (Å²) in [7, 11) is 0. The van der Waals surface area contributed by atoms with Crippen molar-refractivity contribution in [3.05, 3.63) is 34.9 Å². The first kappa shape index (κ1) is 20.3. The van der Waals surface area contributed by atoms with E-state index in [9.17, 15) is 4.79 Å². The second-order valence-electron chi connectivity index (χ2n) is 7.49. The zero-order chi connectivity index (χ0) is 20.1. The minimum Gasteiger partial charge on any atom is -0.378 e. The lowest BCUT2D eigenvalue weighted by atomic mass is 10.1. The first-order valence-electron chi connectivity index (χ1n) is 9.95. The minimum atomic E-state index is -0.160. The van der Waals surface area contributed by atoms with Crippen molar-refractivity contribution in [3.8, 4) is 0 Å². The van der Waals surface area contributed by atoms with Gasteiger partial charge in [-0.05, 0) is 38.3 Å². The maximum atomic E-state index is 12.7. The minimum absolute atomic E-state index is 0.160. The Morgan fingerprint density at radius 1 is 1.21 bits per heavy atom. The Balaban J connectivity index is 1.63. The Morgan fingerprint density at radius 3 is 2.61 bits per heavy atom. The number of hydrogen-bond acceptors (Lipinski definition) is 6. The fourth-order valence-corrected chi connectivity index (χ4v) is 3.19. The maximum absolute atomic E-state index is 12.7. The number of morpholine rings is 1. The molecule has 8 nitrogen and oxygen atoms in total. The number of carbonyl (C=O) groups excluding carboxylic acids is 1. The Morgan fingerprint density at radius 2 is 1.96 bits per heavy atom. The summed E-state index contributed by atoms with van der Waals surface area (Å²) in [6.45, 7) is 12.3. The molecule has 0 saturated carbocycles. The molecule has 28 heavy (non-hydrogen) atoms. The van der Waals surface area contributed by atoms with Gasteiger partial charge in [0.1, 0.15) is 5.69 Å². The molecule has 3 rings (SSSR count). The second-order valence-corrected chi connectivity index (χ2v) is 7.49. The van der Waals surface area contributed by atoms with Crippen molar-refractivity contribution in [2.45, 2.75) is 46.6 Å². The fourth-order valence-electron chi connectivity index (χ4n) is 3.19. The van der Waals surface area contributed by atoms with Gasteiger partial charge in [-0.15, -0.1) is 0 Å². The third-order valence-electron chi connectivity index (χ3n) is 4.79. The third-order valence-corrected chi connectivity index (χ3v) is 4.79. The predicted molar refractivity (Wildman–Crippen MR) is 108 cm³/mol. The van der Waals surface area contributed by atoms with Gasteiger partial charge in [0.2, 0.25) is 5.95 Å². The van der Waals surface area contributed by atoms with E-state index in [0.29, 0.717) is 31.4 Å². The van der Waals surface area contributed by atoms with Gasteiger partial charge in [0.05, 0.1) is 18.9 Å². The molecule has 0 bridgehead atoms. The van der Waals surface area contributed by atoms with E-state index >= 15 is 0 Å². The van der Waals surface area contributed by atoms with Crippen LogP contribution in [0.4, 0.5) is 5.95 Å². The molecule has 152 valence electrons. The van der Waals surface area contributed by atoms with Crippen LogP contribution >= 0.6 is 0 Å². The summed E-state index contributed by atoms with van der Waals surface area (Å²) in [6, 6.07) is 3.85. The van der Waals surface area contributed by atoms with Gasteiger partial charge in [0.25, 0.3) is 5.91 Å². The van der Waals surface area contributed by atoms with Crippen molar-refractivity contribution >= 4 is 11.9 Å². The Labute approximate surface area is 166 Å². The fraction of sp³-hybridized carbons (Fsp3) is 0.600. The van der Waals surface area contributed by atoms with Gasteiger partial charge < -0.3 is 15.0 Å². The number of ether oxygens (including phenoxy) is 1. The number of aryl methyl sites for hydroxylation is 3. The van der Waals surface area contributed by atoms with Crippen LogP contribution in [-0.4, -0.2) is 58.5 Å². The highest BCUT2D eigenvalue weighted by molar-refractivity contribution is 5.92. The molecule has 0 unspecified atom stereocenters. The summed E-state index contributed by atoms with van der Waals surface area (Å²) in [5.74, 6) is 0.676. The average molecular weight is 387 g/mol. The molecular weight excluding hydrogens is 356 g/mol. The van der Waals surface area contributed by atoms with Gasteiger partial charge in [-0.2, -0.15) is 5.10 Å². The zero-order valence-corrected chi connectivity index (χ0v) is 17.2. The lowest BCUT2D eigenvalue weighted by molar-refractivity contribution is 0.0947. The highest BCUT2D eigenvalue weighted by Gasteiger charge is 2.19. The van der Waals surface area contributed by atoms with Crippen molar-refractivity contribution < 1.29 is 9.53 Å². The number of rotatable bonds is 7. The molecule has 1 aliphatic heterocycles. The van der Waals surface area contributed by atoms with Crippen LogP contribution in [0.2, 0.25) is 0 Å². The van der Waals surface area contributed by atoms with E-state index in [1.54, 1.807) is 6.07 Å². The van der Waals surface area contributed by atoms with Crippen LogP contribution in [0.5, 0.6) is 0 Å². The molecule has 1 N–H and O–H groups in total. The van der Waals surface area contributed by atoms with Crippen molar-refractivity contribution in [1.29, 1.82) is 0 Å². The topological polar surface area (TPSA) is 85.2 Å². The predicted octanol–water partition coefficient (Wildman–Crippen LogP) is 2.07. The molecular formula is C20H30N6O2. The largest absolute Gasteiger partial charge is 0.378 e. The molecule has 0 spiro atoms. The number of nitrogens with zero attached hydrogens (tertiary/aromatic N) is 5. The normalized spacial score (nSPS) is 14.5. The highest BCUT2D eigenvalue weighted by atomic mass is 16.5. The molecule has 1 aliphatic rings. The highest BCUT2D eigenvalue weighted by Crippen LogP contribution is 2.18. The SMILES string of the molecule is Cc1cc(C)n(CCCNC(=O)c2cc(C(C)C)nc(N3CCOCC3)n2)n1. The average Bonchev–Trinajstić information content (AvgIpc) is 3.02. The molecule has 2 aromatic rings. The summed E-state index contributed by atoms with van der Waals surface area (Å²) in [6.07, 6.45) is 0.812. The van der Waals surface area contributed by atoms with Crippen LogP contribution in [0, 0.1) is 13.8 Å². The molecule has 0 aromatic carbocycles. The Hall–Kier alpha value is -2.48. The van der Waals surface area contributed by atoms with Gasteiger partial charge in [0, 0.05) is 37.6 Å². The number of anilines is 1. The lowest BCUT2D eigenvalue weighted by Gasteiger charge is -2.27. The van der Waals surface area contributed by atoms with E-state index in [1.165, 1.54) is 0 Å². The molecule has 3 heterocycles. The lowest BCUT2D eigenvalue weighted by Crippen LogP contribution is -2.38. The number of amides is 1. The quantitative estimate of drug-likeness (QED) is 0.733. The number of hydrogen-bond donors (Lipinski definition) is 1. The van der Waals surface area contributed by atoms with Crippen LogP contribution in [0.25, 0.3) is 0 Å². The third kappa shape index (κ3) is 5.07. The zero-order valence-electron chi connectivity index (χ0n) is 17.2. The molecule has 2 aromatic heterocycles. The summed E-state index contributed by atoms with van der Waals surface area (Å²) < 4.78 is 7.38. The van der Waals surface area contributed by atoms with E-state index in [0.717, 1.165) is 43.1 Å². The van der Waals surface area contributed by atoms with E-state index in [1.807, 2.05) is 18.5 Å². The van der Waals surface area contributed by atoms with E-state index < -0.39 is 0 Å². The van der Waals surface area contributed by atoms with Crippen LogP contribution in [0.15, 0.2) is 12.1 Å². The Bertz CT molecular complexity index is 811. The van der Waals surface area contributed by atoms with Crippen molar-refractivity contribution in [3.63, 3.8) is 0 Å². The summed E-state index contributed by atoms with van der Waals surface area (Å²) >= 11 is 0. The van der Waals surface area contributed by atoms with Crippen molar-refractivity contribution in [2.24, 2.45) is 0 Å². The second kappa shape index (κ2) is 9.14. The molecule has 1 amide bonds. The Kier molecular flexibility index (Phi) is 6.61. The molecule has 0 atom stereocenters. The smallest absolute Gasteiger partial charge is 0.270 e. The summed E-state index contributed by atoms with van der Waals surface area (Å²) in [5.41, 5.74) is 3.45. The van der Waals surface area contributed by atoms with Gasteiger partial charge in [0.15, 0.2) is 0 Å².